The van der Waals surface area contributed by atoms with Gasteiger partial charge in [0.25, 0.3) is 5.91 Å². The number of aryl methyl sites for hydroxylation is 1. The number of rotatable bonds is 4. The first-order valence-electron chi connectivity index (χ1n) is 11.8. The number of hydrogen-bond acceptors (Lipinski definition) is 6. The fourth-order valence-corrected chi connectivity index (χ4v) is 5.88. The second-order valence-electron chi connectivity index (χ2n) is 9.36. The highest BCUT2D eigenvalue weighted by Gasteiger charge is 2.49. The van der Waals surface area contributed by atoms with E-state index < -0.39 is 6.04 Å². The summed E-state index contributed by atoms with van der Waals surface area (Å²) in [5.74, 6) is 0.109. The van der Waals surface area contributed by atoms with Crippen LogP contribution in [0.4, 0.5) is 5.69 Å². The summed E-state index contributed by atoms with van der Waals surface area (Å²) in [6.07, 6.45) is 1.59. The van der Waals surface area contributed by atoms with Gasteiger partial charge in [0.15, 0.2) is 5.69 Å². The zero-order valence-electron chi connectivity index (χ0n) is 20.8. The number of aromatic nitrogens is 4. The van der Waals surface area contributed by atoms with E-state index in [1.54, 1.807) is 10.9 Å². The van der Waals surface area contributed by atoms with E-state index in [1.807, 2.05) is 42.2 Å². The third kappa shape index (κ3) is 3.29. The topological polar surface area (TPSA) is 82.4 Å². The molecule has 0 saturated heterocycles. The van der Waals surface area contributed by atoms with E-state index in [9.17, 15) is 4.79 Å². The zero-order chi connectivity index (χ0) is 26.2. The first kappa shape index (κ1) is 23.8. The second kappa shape index (κ2) is 8.46. The lowest BCUT2D eigenvalue weighted by atomic mass is 9.84. The Morgan fingerprint density at radius 3 is 2.57 bits per heavy atom. The van der Waals surface area contributed by atoms with Crippen molar-refractivity contribution in [3.63, 3.8) is 0 Å². The van der Waals surface area contributed by atoms with E-state index in [0.29, 0.717) is 27.3 Å². The molecule has 1 unspecified atom stereocenters. The molecule has 0 spiro atoms. The van der Waals surface area contributed by atoms with Gasteiger partial charge in [-0.25, -0.2) is 9.67 Å². The van der Waals surface area contributed by atoms with Gasteiger partial charge >= 0.3 is 6.01 Å². The number of hydrogen-bond donors (Lipinski definition) is 0. The molecular formula is C27H23Cl2N5O3. The number of carbonyl (C=O) groups excluding carboxylic acids is 1. The Morgan fingerprint density at radius 2 is 1.86 bits per heavy atom. The van der Waals surface area contributed by atoms with Crippen molar-refractivity contribution in [2.75, 3.05) is 19.1 Å². The zero-order valence-corrected chi connectivity index (χ0v) is 22.3. The number of nitrogens with zero attached hydrogens (tertiary/aromatic N) is 5. The minimum atomic E-state index is -0.393. The maximum Gasteiger partial charge on any atom is 0.319 e. The Labute approximate surface area is 223 Å². The van der Waals surface area contributed by atoms with Gasteiger partial charge in [0.1, 0.15) is 5.69 Å². The number of benzene rings is 2. The van der Waals surface area contributed by atoms with Crippen molar-refractivity contribution in [3.8, 4) is 28.7 Å². The van der Waals surface area contributed by atoms with Gasteiger partial charge in [0.2, 0.25) is 5.88 Å². The molecule has 188 valence electrons. The fourth-order valence-electron chi connectivity index (χ4n) is 5.45. The molecule has 1 amide bonds. The molecule has 0 radical (unpaired) electrons. The van der Waals surface area contributed by atoms with Gasteiger partial charge in [-0.3, -0.25) is 9.69 Å². The number of amides is 1. The van der Waals surface area contributed by atoms with E-state index in [-0.39, 0.29) is 17.8 Å². The molecule has 0 N–H and O–H groups in total. The molecule has 2 aliphatic heterocycles. The van der Waals surface area contributed by atoms with Crippen LogP contribution < -0.4 is 14.4 Å². The number of carbonyl (C=O) groups is 1. The Kier molecular flexibility index (Phi) is 5.43. The molecule has 4 heterocycles. The predicted molar refractivity (Wildman–Crippen MR) is 142 cm³/mol. The van der Waals surface area contributed by atoms with Crippen molar-refractivity contribution in [3.05, 3.63) is 74.7 Å². The Balaban J connectivity index is 1.66. The average molecular weight is 536 g/mol. The van der Waals surface area contributed by atoms with Crippen molar-refractivity contribution in [2.24, 2.45) is 0 Å². The molecule has 2 aromatic heterocycles. The van der Waals surface area contributed by atoms with Crippen LogP contribution in [0.3, 0.4) is 0 Å². The molecule has 37 heavy (non-hydrogen) atoms. The lowest BCUT2D eigenvalue weighted by molar-refractivity contribution is 0.0987. The number of methoxy groups -OCH3 is 2. The summed E-state index contributed by atoms with van der Waals surface area (Å²) in [4.78, 5) is 24.5. The monoisotopic (exact) mass is 535 g/mol. The normalized spacial score (nSPS) is 15.4. The summed E-state index contributed by atoms with van der Waals surface area (Å²) in [5, 5.41) is 5.99. The highest BCUT2D eigenvalue weighted by atomic mass is 35.5. The van der Waals surface area contributed by atoms with E-state index in [0.717, 1.165) is 39.2 Å². The summed E-state index contributed by atoms with van der Waals surface area (Å²) in [6, 6.07) is 9.30. The van der Waals surface area contributed by atoms with Gasteiger partial charge in [-0.05, 0) is 47.7 Å². The summed E-state index contributed by atoms with van der Waals surface area (Å²) < 4.78 is 12.4. The molecule has 1 atom stereocenters. The third-order valence-electron chi connectivity index (χ3n) is 6.93. The van der Waals surface area contributed by atoms with Crippen LogP contribution in [0.2, 0.25) is 10.0 Å². The van der Waals surface area contributed by atoms with Crippen LogP contribution in [-0.2, 0) is 0 Å². The summed E-state index contributed by atoms with van der Waals surface area (Å²) in [7, 11) is 3.01. The molecule has 0 bridgehead atoms. The van der Waals surface area contributed by atoms with Crippen molar-refractivity contribution < 1.29 is 14.3 Å². The molecule has 0 fully saturated rings. The minimum Gasteiger partial charge on any atom is -0.479 e. The largest absolute Gasteiger partial charge is 0.479 e. The molecule has 6 rings (SSSR count). The summed E-state index contributed by atoms with van der Waals surface area (Å²) in [6.45, 7) is 6.12. The van der Waals surface area contributed by atoms with Gasteiger partial charge in [-0.2, -0.15) is 10.1 Å². The van der Waals surface area contributed by atoms with Crippen LogP contribution >= 0.6 is 23.2 Å². The van der Waals surface area contributed by atoms with Crippen LogP contribution in [0.25, 0.3) is 16.8 Å². The van der Waals surface area contributed by atoms with E-state index in [2.05, 4.69) is 23.8 Å². The number of halogens is 2. The van der Waals surface area contributed by atoms with E-state index in [4.69, 9.17) is 37.8 Å². The molecule has 2 aromatic carbocycles. The molecule has 0 aliphatic carbocycles. The van der Waals surface area contributed by atoms with Gasteiger partial charge in [-0.1, -0.05) is 49.2 Å². The quantitative estimate of drug-likeness (QED) is 0.311. The Hall–Kier alpha value is -3.62. The van der Waals surface area contributed by atoms with Crippen LogP contribution in [0.15, 0.2) is 36.5 Å². The average Bonchev–Trinajstić information content (AvgIpc) is 3.41. The second-order valence-corrected chi connectivity index (χ2v) is 10.2. The lowest BCUT2D eigenvalue weighted by Gasteiger charge is -2.36. The fraction of sp³-hybridized carbons (Fsp3) is 0.259. The van der Waals surface area contributed by atoms with Crippen molar-refractivity contribution in [1.29, 1.82) is 0 Å². The molecule has 4 aromatic rings. The van der Waals surface area contributed by atoms with Gasteiger partial charge in [0.05, 0.1) is 42.9 Å². The van der Waals surface area contributed by atoms with Crippen LogP contribution in [0.1, 0.15) is 58.7 Å². The SMILES string of the molecule is COc1ncc(-n2nc3c(c2C(C)C)C2c4ccc(Cl)cc4-c4c(Cl)ccc(C)c4N2C3=O)c(OC)n1. The molecule has 2 aliphatic rings. The lowest BCUT2D eigenvalue weighted by Crippen LogP contribution is -2.34. The highest BCUT2D eigenvalue weighted by Crippen LogP contribution is 2.56. The molecular weight excluding hydrogens is 513 g/mol. The first-order chi connectivity index (χ1) is 17.8. The standard InChI is InChI=1S/C27H23Cl2N5O3/c1-12(2)22-20-21(32-34(22)18-11-30-27(37-5)31-25(18)36-4)26(35)33-23-13(3)6-9-17(29)19(23)16-10-14(28)7-8-15(16)24(20)33/h6-12,24H,1-5H3. The number of fused-ring (bicyclic) bond motifs is 8. The number of ether oxygens (including phenoxy) is 2. The van der Waals surface area contributed by atoms with Crippen LogP contribution in [0.5, 0.6) is 11.9 Å². The molecule has 10 heteroatoms. The smallest absolute Gasteiger partial charge is 0.319 e. The van der Waals surface area contributed by atoms with Crippen LogP contribution in [-0.4, -0.2) is 39.9 Å². The van der Waals surface area contributed by atoms with E-state index in [1.165, 1.54) is 14.2 Å². The highest BCUT2D eigenvalue weighted by molar-refractivity contribution is 6.35. The van der Waals surface area contributed by atoms with Crippen molar-refractivity contribution in [1.82, 2.24) is 19.7 Å². The third-order valence-corrected chi connectivity index (χ3v) is 7.48. The maximum atomic E-state index is 14.1. The first-order valence-corrected chi connectivity index (χ1v) is 12.5. The van der Waals surface area contributed by atoms with Crippen LogP contribution in [0, 0.1) is 6.92 Å². The minimum absolute atomic E-state index is 0.00779. The Morgan fingerprint density at radius 1 is 1.08 bits per heavy atom. The van der Waals surface area contributed by atoms with Crippen molar-refractivity contribution in [2.45, 2.75) is 32.7 Å². The summed E-state index contributed by atoms with van der Waals surface area (Å²) in [5.41, 5.74) is 6.98. The van der Waals surface area contributed by atoms with Gasteiger partial charge < -0.3 is 9.47 Å². The number of anilines is 1. The van der Waals surface area contributed by atoms with Crippen molar-refractivity contribution >= 4 is 34.8 Å². The maximum absolute atomic E-state index is 14.1. The Bertz CT molecular complexity index is 1610. The molecule has 8 nitrogen and oxygen atoms in total. The van der Waals surface area contributed by atoms with Gasteiger partial charge in [0, 0.05) is 16.1 Å². The van der Waals surface area contributed by atoms with E-state index >= 15 is 0 Å². The molecule has 0 saturated carbocycles. The predicted octanol–water partition coefficient (Wildman–Crippen LogP) is 6.15. The van der Waals surface area contributed by atoms with Gasteiger partial charge in [-0.15, -0.1) is 0 Å². The summed E-state index contributed by atoms with van der Waals surface area (Å²) >= 11 is 13.2.